The van der Waals surface area contributed by atoms with Crippen LogP contribution in [0.5, 0.6) is 46.0 Å². The van der Waals surface area contributed by atoms with Crippen LogP contribution in [0.1, 0.15) is 0 Å². The lowest BCUT2D eigenvalue weighted by atomic mass is 9.82. The molecule has 0 aromatic heterocycles. The van der Waals surface area contributed by atoms with Gasteiger partial charge in [-0.25, -0.2) is 0 Å². The van der Waals surface area contributed by atoms with Gasteiger partial charge in [0, 0.05) is 32.7 Å². The Bertz CT molecular complexity index is 2210. The molecule has 0 heterocycles. The van der Waals surface area contributed by atoms with Gasteiger partial charge in [-0.1, -0.05) is 97.1 Å². The topological polar surface area (TPSA) is 162 Å². The Balaban J connectivity index is 1.75. The van der Waals surface area contributed by atoms with E-state index < -0.39 is 46.0 Å². The molecule has 0 bridgehead atoms. The van der Waals surface area contributed by atoms with Crippen LogP contribution in [-0.4, -0.2) is 40.9 Å². The minimum Gasteiger partial charge on any atom is -0.504 e. The van der Waals surface area contributed by atoms with E-state index in [9.17, 15) is 40.9 Å². The molecule has 0 aliphatic carbocycles. The van der Waals surface area contributed by atoms with Crippen molar-refractivity contribution in [2.24, 2.45) is 0 Å². The molecule has 0 spiro atoms. The fourth-order valence-electron chi connectivity index (χ4n) is 6.08. The average molecular weight is 585 g/mol. The van der Waals surface area contributed by atoms with Gasteiger partial charge in [-0.3, -0.25) is 0 Å². The van der Waals surface area contributed by atoms with Gasteiger partial charge in [0.1, 0.15) is 0 Å². The molecule has 7 aromatic carbocycles. The SMILES string of the molecule is Oc1c(O)c(O)c2c(-c3cccc4ccccc34)c3c(O)c(O)c(O)c(O)c3c(-c3ccc(-c4ccccc4)cc3)c2c1O. The highest BCUT2D eigenvalue weighted by atomic mass is 16.4. The summed E-state index contributed by atoms with van der Waals surface area (Å²) in [5.74, 6) is -7.28. The quantitative estimate of drug-likeness (QED) is 0.0593. The molecule has 216 valence electrons. The van der Waals surface area contributed by atoms with Crippen LogP contribution in [-0.2, 0) is 0 Å². The highest BCUT2D eigenvalue weighted by Crippen LogP contribution is 2.62. The largest absolute Gasteiger partial charge is 0.504 e. The summed E-state index contributed by atoms with van der Waals surface area (Å²) in [6, 6.07) is 28.9. The molecule has 0 aliphatic heterocycles. The molecule has 0 atom stereocenters. The lowest BCUT2D eigenvalue weighted by Crippen LogP contribution is -1.95. The Kier molecular flexibility index (Phi) is 5.83. The summed E-state index contributed by atoms with van der Waals surface area (Å²) in [6.07, 6.45) is 0. The van der Waals surface area contributed by atoms with Crippen LogP contribution >= 0.6 is 0 Å². The van der Waals surface area contributed by atoms with Crippen molar-refractivity contribution in [1.29, 1.82) is 0 Å². The van der Waals surface area contributed by atoms with E-state index >= 15 is 0 Å². The monoisotopic (exact) mass is 584 g/mol. The van der Waals surface area contributed by atoms with Gasteiger partial charge in [-0.05, 0) is 33.0 Å². The van der Waals surface area contributed by atoms with Crippen molar-refractivity contribution in [3.05, 3.63) is 97.1 Å². The first kappa shape index (κ1) is 26.6. The molecule has 44 heavy (non-hydrogen) atoms. The number of benzene rings is 7. The standard InChI is InChI=1S/C36H24O8/c37-29-25-23(20-15-13-18(14-16-20)17-7-2-1-3-8-17)26-28(32(40)36(44)34(42)30(26)38)24(27(25)31(39)35(43)33(29)41)22-12-6-10-19-9-4-5-11-21(19)22/h1-16,37-44H. The first-order chi connectivity index (χ1) is 21.2. The lowest BCUT2D eigenvalue weighted by molar-refractivity contribution is 0.350. The zero-order valence-electron chi connectivity index (χ0n) is 22.8. The number of hydrogen-bond donors (Lipinski definition) is 8. The third-order valence-electron chi connectivity index (χ3n) is 8.13. The second-order valence-corrected chi connectivity index (χ2v) is 10.5. The molecule has 0 amide bonds. The van der Waals surface area contributed by atoms with Crippen LogP contribution in [0.2, 0.25) is 0 Å². The first-order valence-electron chi connectivity index (χ1n) is 13.6. The molecule has 0 fully saturated rings. The third-order valence-corrected chi connectivity index (χ3v) is 8.13. The normalized spacial score (nSPS) is 11.5. The summed E-state index contributed by atoms with van der Waals surface area (Å²) >= 11 is 0. The summed E-state index contributed by atoms with van der Waals surface area (Å²) in [4.78, 5) is 0. The first-order valence-corrected chi connectivity index (χ1v) is 13.6. The minimum atomic E-state index is -1.01. The van der Waals surface area contributed by atoms with Gasteiger partial charge < -0.3 is 40.9 Å². The van der Waals surface area contributed by atoms with Crippen molar-refractivity contribution in [3.63, 3.8) is 0 Å². The second-order valence-electron chi connectivity index (χ2n) is 10.5. The van der Waals surface area contributed by atoms with Crippen LogP contribution in [0.4, 0.5) is 0 Å². The van der Waals surface area contributed by atoms with Crippen LogP contribution < -0.4 is 0 Å². The molecule has 8 heteroatoms. The maximum absolute atomic E-state index is 11.4. The zero-order valence-corrected chi connectivity index (χ0v) is 22.8. The second kappa shape index (κ2) is 9.64. The van der Waals surface area contributed by atoms with Gasteiger partial charge >= 0.3 is 0 Å². The summed E-state index contributed by atoms with van der Waals surface area (Å²) in [6.45, 7) is 0. The van der Waals surface area contributed by atoms with Crippen molar-refractivity contribution in [1.82, 2.24) is 0 Å². The van der Waals surface area contributed by atoms with E-state index in [1.807, 2.05) is 48.5 Å². The predicted molar refractivity (Wildman–Crippen MR) is 169 cm³/mol. The summed E-state index contributed by atoms with van der Waals surface area (Å²) in [5.41, 5.74) is 2.53. The van der Waals surface area contributed by atoms with Crippen LogP contribution in [0.15, 0.2) is 97.1 Å². The van der Waals surface area contributed by atoms with Crippen LogP contribution in [0.25, 0.3) is 65.7 Å². The van der Waals surface area contributed by atoms with E-state index in [0.29, 0.717) is 16.5 Å². The Morgan fingerprint density at radius 2 is 0.705 bits per heavy atom. The fourth-order valence-corrected chi connectivity index (χ4v) is 6.08. The molecule has 8 nitrogen and oxygen atoms in total. The zero-order chi connectivity index (χ0) is 30.9. The lowest BCUT2D eigenvalue weighted by Gasteiger charge is -2.23. The molecule has 0 unspecified atom stereocenters. The number of phenols is 8. The summed E-state index contributed by atoms with van der Waals surface area (Å²) < 4.78 is 0. The van der Waals surface area contributed by atoms with Gasteiger partial charge in [0.2, 0.25) is 23.0 Å². The smallest absolute Gasteiger partial charge is 0.204 e. The van der Waals surface area contributed by atoms with Crippen LogP contribution in [0, 0.1) is 0 Å². The van der Waals surface area contributed by atoms with Crippen molar-refractivity contribution < 1.29 is 40.9 Å². The summed E-state index contributed by atoms with van der Waals surface area (Å²) in [5, 5.41) is 89.2. The van der Waals surface area contributed by atoms with E-state index in [0.717, 1.165) is 16.5 Å². The Morgan fingerprint density at radius 1 is 0.295 bits per heavy atom. The molecule has 0 saturated carbocycles. The number of aromatic hydroxyl groups is 8. The molecule has 0 aliphatic rings. The Labute approximate surface area is 249 Å². The van der Waals surface area contributed by atoms with Gasteiger partial charge in [-0.15, -0.1) is 0 Å². The van der Waals surface area contributed by atoms with Crippen molar-refractivity contribution in [3.8, 4) is 79.4 Å². The number of fused-ring (bicyclic) bond motifs is 3. The van der Waals surface area contributed by atoms with E-state index in [2.05, 4.69) is 0 Å². The van der Waals surface area contributed by atoms with Gasteiger partial charge in [0.25, 0.3) is 0 Å². The molecule has 7 rings (SSSR count). The predicted octanol–water partition coefficient (Wildman–Crippen LogP) is 7.79. The highest BCUT2D eigenvalue weighted by molar-refractivity contribution is 6.30. The van der Waals surface area contributed by atoms with E-state index in [4.69, 9.17) is 0 Å². The third kappa shape index (κ3) is 3.64. The van der Waals surface area contributed by atoms with E-state index in [1.54, 1.807) is 48.5 Å². The molecule has 0 radical (unpaired) electrons. The molecular formula is C36H24O8. The van der Waals surface area contributed by atoms with Gasteiger partial charge in [0.15, 0.2) is 23.0 Å². The molecule has 8 N–H and O–H groups in total. The van der Waals surface area contributed by atoms with Crippen LogP contribution in [0.3, 0.4) is 0 Å². The van der Waals surface area contributed by atoms with Crippen molar-refractivity contribution >= 4 is 32.3 Å². The number of rotatable bonds is 3. The average Bonchev–Trinajstić information content (AvgIpc) is 3.07. The maximum Gasteiger partial charge on any atom is 0.204 e. The number of phenolic OH excluding ortho intramolecular Hbond substituents is 8. The van der Waals surface area contributed by atoms with Gasteiger partial charge in [-0.2, -0.15) is 0 Å². The summed E-state index contributed by atoms with van der Waals surface area (Å²) in [7, 11) is 0. The van der Waals surface area contributed by atoms with E-state index in [-0.39, 0.29) is 32.7 Å². The van der Waals surface area contributed by atoms with Gasteiger partial charge in [0.05, 0.1) is 0 Å². The van der Waals surface area contributed by atoms with E-state index in [1.165, 1.54) is 0 Å². The maximum atomic E-state index is 11.4. The molecule has 7 aromatic rings. The molecule has 0 saturated heterocycles. The van der Waals surface area contributed by atoms with Crippen molar-refractivity contribution in [2.75, 3.05) is 0 Å². The Hall–Kier alpha value is -6.28. The minimum absolute atomic E-state index is 0.00444. The highest BCUT2D eigenvalue weighted by Gasteiger charge is 2.32. The van der Waals surface area contributed by atoms with Crippen molar-refractivity contribution in [2.45, 2.75) is 0 Å². The number of hydrogen-bond acceptors (Lipinski definition) is 8. The Morgan fingerprint density at radius 3 is 1.25 bits per heavy atom. The molecular weight excluding hydrogens is 560 g/mol. The fraction of sp³-hybridized carbons (Fsp3) is 0.